The van der Waals surface area contributed by atoms with Gasteiger partial charge in [0.25, 0.3) is 10.0 Å². The normalized spacial score (nSPS) is 11.1. The molecule has 9 nitrogen and oxygen atoms in total. The van der Waals surface area contributed by atoms with Gasteiger partial charge in [0.05, 0.1) is 25.2 Å². The summed E-state index contributed by atoms with van der Waals surface area (Å²) < 4.78 is 46.1. The molecule has 150 valence electrons. The molecule has 0 aliphatic heterocycles. The maximum atomic E-state index is 14.0. The van der Waals surface area contributed by atoms with Crippen LogP contribution in [0.2, 0.25) is 0 Å². The Hall–Kier alpha value is -3.73. The first-order valence-electron chi connectivity index (χ1n) is 8.14. The fraction of sp³-hybridized carbons (Fsp3) is 0.0556. The number of sulfonamides is 1. The summed E-state index contributed by atoms with van der Waals surface area (Å²) in [4.78, 5) is 7.64. The van der Waals surface area contributed by atoms with Crippen molar-refractivity contribution >= 4 is 27.2 Å². The minimum Gasteiger partial charge on any atom is -0.497 e. The van der Waals surface area contributed by atoms with E-state index in [1.54, 1.807) is 18.2 Å². The first-order chi connectivity index (χ1) is 13.7. The molecule has 0 saturated heterocycles. The largest absolute Gasteiger partial charge is 0.497 e. The molecule has 0 radical (unpaired) electrons. The quantitative estimate of drug-likeness (QED) is 0.272. The summed E-state index contributed by atoms with van der Waals surface area (Å²) in [6, 6.07) is 8.15. The Labute approximate surface area is 166 Å². The van der Waals surface area contributed by atoms with Gasteiger partial charge in [-0.25, -0.2) is 22.8 Å². The van der Waals surface area contributed by atoms with E-state index < -0.39 is 20.7 Å². The van der Waals surface area contributed by atoms with Crippen LogP contribution in [0.25, 0.3) is 11.4 Å². The number of nitrogen functional groups attached to an aromatic ring is 2. The van der Waals surface area contributed by atoms with Crippen molar-refractivity contribution < 1.29 is 17.5 Å². The summed E-state index contributed by atoms with van der Waals surface area (Å²) in [5.74, 6) is -0.603. The molecule has 11 heteroatoms. The summed E-state index contributed by atoms with van der Waals surface area (Å²) >= 11 is 0. The van der Waals surface area contributed by atoms with E-state index in [1.807, 2.05) is 0 Å². The first kappa shape index (κ1) is 20.0. The van der Waals surface area contributed by atoms with E-state index in [9.17, 15) is 12.8 Å². The van der Waals surface area contributed by atoms with E-state index in [2.05, 4.69) is 14.7 Å². The van der Waals surface area contributed by atoms with Gasteiger partial charge in [-0.15, -0.1) is 0 Å². The summed E-state index contributed by atoms with van der Waals surface area (Å²) in [6.45, 7) is 0. The molecule has 0 unspecified atom stereocenters. The van der Waals surface area contributed by atoms with Crippen molar-refractivity contribution in [2.24, 2.45) is 5.73 Å². The molecular formula is C18H17FN6O3S. The fourth-order valence-corrected chi connectivity index (χ4v) is 3.63. The van der Waals surface area contributed by atoms with E-state index in [-0.39, 0.29) is 28.8 Å². The van der Waals surface area contributed by atoms with Crippen LogP contribution in [0.1, 0.15) is 5.56 Å². The highest BCUT2D eigenvalue weighted by Gasteiger charge is 2.20. The predicted octanol–water partition coefficient (Wildman–Crippen LogP) is 1.96. The van der Waals surface area contributed by atoms with Gasteiger partial charge in [0.1, 0.15) is 22.3 Å². The number of hydrogen-bond acceptors (Lipinski definition) is 7. The van der Waals surface area contributed by atoms with Gasteiger partial charge in [-0.2, -0.15) is 0 Å². The van der Waals surface area contributed by atoms with E-state index in [0.717, 1.165) is 12.1 Å². The lowest BCUT2D eigenvalue weighted by molar-refractivity contribution is 0.411. The molecule has 0 atom stereocenters. The highest BCUT2D eigenvalue weighted by atomic mass is 32.2. The number of aromatic nitrogens is 2. The number of nitrogens with one attached hydrogen (secondary N) is 2. The molecule has 0 amide bonds. The van der Waals surface area contributed by atoms with Gasteiger partial charge in [0.15, 0.2) is 5.82 Å². The maximum absolute atomic E-state index is 14.0. The Bertz CT molecular complexity index is 1180. The third-order valence-corrected chi connectivity index (χ3v) is 5.33. The van der Waals surface area contributed by atoms with Crippen molar-refractivity contribution in [2.75, 3.05) is 17.6 Å². The van der Waals surface area contributed by atoms with Gasteiger partial charge >= 0.3 is 0 Å². The molecule has 0 spiro atoms. The highest BCUT2D eigenvalue weighted by Crippen LogP contribution is 2.24. The van der Waals surface area contributed by atoms with Crippen molar-refractivity contribution in [1.29, 1.82) is 5.41 Å². The predicted molar refractivity (Wildman–Crippen MR) is 107 cm³/mol. The van der Waals surface area contributed by atoms with Crippen molar-refractivity contribution in [1.82, 2.24) is 9.97 Å². The van der Waals surface area contributed by atoms with Gasteiger partial charge < -0.3 is 16.2 Å². The standard InChI is InChI=1S/C18H17FN6O3S/c1-28-12-3-5-14(19)16(7-12)29(26,27)25-11-8-23-18(24-9-11)10-2-4-13(17(21)22)15(20)6-10/h2-9,25H,20H2,1H3,(H3,21,22). The zero-order chi connectivity index (χ0) is 21.2. The number of amidine groups is 1. The second kappa shape index (κ2) is 7.72. The minimum absolute atomic E-state index is 0.0456. The molecule has 1 aromatic heterocycles. The van der Waals surface area contributed by atoms with Crippen molar-refractivity contribution in [2.45, 2.75) is 4.90 Å². The van der Waals surface area contributed by atoms with Crippen LogP contribution < -0.4 is 20.9 Å². The molecule has 0 saturated carbocycles. The molecule has 0 aliphatic rings. The third-order valence-electron chi connectivity index (χ3n) is 3.93. The molecule has 2 aromatic carbocycles. The van der Waals surface area contributed by atoms with Crippen molar-refractivity contribution in [3.05, 3.63) is 60.2 Å². The minimum atomic E-state index is -4.22. The number of anilines is 2. The van der Waals surface area contributed by atoms with Crippen molar-refractivity contribution in [3.8, 4) is 17.1 Å². The van der Waals surface area contributed by atoms with Crippen LogP contribution in [0.3, 0.4) is 0 Å². The van der Waals surface area contributed by atoms with E-state index in [4.69, 9.17) is 21.6 Å². The zero-order valence-corrected chi connectivity index (χ0v) is 16.0. The Morgan fingerprint density at radius 1 is 1.17 bits per heavy atom. The number of ether oxygens (including phenoxy) is 1. The Balaban J connectivity index is 1.86. The zero-order valence-electron chi connectivity index (χ0n) is 15.2. The highest BCUT2D eigenvalue weighted by molar-refractivity contribution is 7.92. The van der Waals surface area contributed by atoms with Crippen LogP contribution >= 0.6 is 0 Å². The Morgan fingerprint density at radius 2 is 1.86 bits per heavy atom. The SMILES string of the molecule is COc1ccc(F)c(S(=O)(=O)Nc2cnc(-c3ccc(C(=N)N)c(N)c3)nc2)c1. The van der Waals surface area contributed by atoms with Crippen LogP contribution in [0, 0.1) is 11.2 Å². The van der Waals surface area contributed by atoms with E-state index >= 15 is 0 Å². The summed E-state index contributed by atoms with van der Waals surface area (Å²) in [6.07, 6.45) is 2.49. The second-order valence-electron chi connectivity index (χ2n) is 5.91. The fourth-order valence-electron chi connectivity index (χ4n) is 2.50. The molecule has 29 heavy (non-hydrogen) atoms. The van der Waals surface area contributed by atoms with E-state index in [1.165, 1.54) is 25.6 Å². The lowest BCUT2D eigenvalue weighted by atomic mass is 10.1. The second-order valence-corrected chi connectivity index (χ2v) is 7.56. The number of methoxy groups -OCH3 is 1. The number of halogens is 1. The van der Waals surface area contributed by atoms with Gasteiger partial charge in [-0.3, -0.25) is 10.1 Å². The van der Waals surface area contributed by atoms with Gasteiger partial charge in [-0.05, 0) is 24.3 Å². The maximum Gasteiger partial charge on any atom is 0.265 e. The average Bonchev–Trinajstić information content (AvgIpc) is 2.68. The molecule has 6 N–H and O–H groups in total. The summed E-state index contributed by atoms with van der Waals surface area (Å²) in [7, 11) is -2.87. The number of hydrogen-bond donors (Lipinski definition) is 4. The molecular weight excluding hydrogens is 399 g/mol. The third kappa shape index (κ3) is 4.24. The Kier molecular flexibility index (Phi) is 5.33. The molecule has 0 aliphatic carbocycles. The number of nitrogens with zero attached hydrogens (tertiary/aromatic N) is 2. The Morgan fingerprint density at radius 3 is 2.45 bits per heavy atom. The molecule has 3 aromatic rings. The molecule has 1 heterocycles. The van der Waals surface area contributed by atoms with Crippen LogP contribution in [0.4, 0.5) is 15.8 Å². The van der Waals surface area contributed by atoms with Crippen LogP contribution in [0.5, 0.6) is 5.75 Å². The molecule has 3 rings (SSSR count). The van der Waals surface area contributed by atoms with Crippen LogP contribution in [0.15, 0.2) is 53.7 Å². The van der Waals surface area contributed by atoms with Crippen LogP contribution in [-0.2, 0) is 10.0 Å². The van der Waals surface area contributed by atoms with Crippen LogP contribution in [-0.4, -0.2) is 31.3 Å². The number of rotatable bonds is 6. The smallest absolute Gasteiger partial charge is 0.265 e. The topological polar surface area (TPSA) is 157 Å². The lowest BCUT2D eigenvalue weighted by Crippen LogP contribution is -2.15. The summed E-state index contributed by atoms with van der Waals surface area (Å²) in [5.41, 5.74) is 12.6. The number of nitrogens with two attached hydrogens (primary N) is 2. The van der Waals surface area contributed by atoms with E-state index in [0.29, 0.717) is 11.1 Å². The van der Waals surface area contributed by atoms with Crippen molar-refractivity contribution in [3.63, 3.8) is 0 Å². The van der Waals surface area contributed by atoms with Gasteiger partial charge in [0.2, 0.25) is 0 Å². The summed E-state index contributed by atoms with van der Waals surface area (Å²) in [5, 5.41) is 7.44. The monoisotopic (exact) mass is 416 g/mol. The lowest BCUT2D eigenvalue weighted by Gasteiger charge is -2.10. The number of benzene rings is 2. The first-order valence-corrected chi connectivity index (χ1v) is 9.62. The van der Waals surface area contributed by atoms with Gasteiger partial charge in [-0.1, -0.05) is 6.07 Å². The average molecular weight is 416 g/mol. The molecule has 0 fully saturated rings. The van der Waals surface area contributed by atoms with Gasteiger partial charge in [0, 0.05) is 22.9 Å². The molecule has 0 bridgehead atoms.